The van der Waals surface area contributed by atoms with E-state index in [0.717, 1.165) is 13.1 Å². The normalized spacial score (nSPS) is 15.2. The van der Waals surface area contributed by atoms with Gasteiger partial charge in [0.05, 0.1) is 3.79 Å². The highest BCUT2D eigenvalue weighted by molar-refractivity contribution is 9.11. The first-order chi connectivity index (χ1) is 7.09. The molecule has 1 nitrogen and oxygen atoms in total. The predicted molar refractivity (Wildman–Crippen MR) is 72.7 cm³/mol. The van der Waals surface area contributed by atoms with E-state index < -0.39 is 0 Å². The number of hydrogen-bond acceptors (Lipinski definition) is 2. The van der Waals surface area contributed by atoms with Crippen molar-refractivity contribution in [1.82, 2.24) is 5.32 Å². The standard InChI is InChI=1S/C12H20BrNS/c1-4-12(3,9-14-5-2)8-10-6-7-11(13)15-10/h6-7,14H,4-5,8-9H2,1-3H3. The average molecular weight is 290 g/mol. The zero-order valence-corrected chi connectivity index (χ0v) is 12.2. The minimum absolute atomic E-state index is 0.389. The van der Waals surface area contributed by atoms with Gasteiger partial charge in [-0.15, -0.1) is 11.3 Å². The number of hydrogen-bond donors (Lipinski definition) is 1. The molecular formula is C12H20BrNS. The van der Waals surface area contributed by atoms with Crippen LogP contribution in [-0.4, -0.2) is 13.1 Å². The molecule has 1 atom stereocenters. The van der Waals surface area contributed by atoms with Crippen LogP contribution >= 0.6 is 27.3 Å². The fraction of sp³-hybridized carbons (Fsp3) is 0.667. The van der Waals surface area contributed by atoms with E-state index in [1.807, 2.05) is 11.3 Å². The van der Waals surface area contributed by atoms with Crippen molar-refractivity contribution in [3.8, 4) is 0 Å². The molecule has 86 valence electrons. The summed E-state index contributed by atoms with van der Waals surface area (Å²) in [5.41, 5.74) is 0.389. The average Bonchev–Trinajstić information content (AvgIpc) is 2.61. The molecule has 3 heteroatoms. The lowest BCUT2D eigenvalue weighted by molar-refractivity contribution is 0.295. The predicted octanol–water partition coefficient (Wildman–Crippen LogP) is 4.08. The minimum Gasteiger partial charge on any atom is -0.316 e. The topological polar surface area (TPSA) is 12.0 Å². The van der Waals surface area contributed by atoms with Crippen LogP contribution in [0.25, 0.3) is 0 Å². The molecule has 0 aliphatic rings. The Kier molecular flexibility index (Phi) is 5.30. The Morgan fingerprint density at radius 2 is 2.13 bits per heavy atom. The summed E-state index contributed by atoms with van der Waals surface area (Å²) >= 11 is 5.37. The summed E-state index contributed by atoms with van der Waals surface area (Å²) in [6.45, 7) is 8.97. The van der Waals surface area contributed by atoms with Gasteiger partial charge in [0.1, 0.15) is 0 Å². The van der Waals surface area contributed by atoms with Gasteiger partial charge < -0.3 is 5.32 Å². The first-order valence-corrected chi connectivity index (χ1v) is 7.15. The van der Waals surface area contributed by atoms with Crippen molar-refractivity contribution in [2.45, 2.75) is 33.6 Å². The molecule has 15 heavy (non-hydrogen) atoms. The van der Waals surface area contributed by atoms with Crippen LogP contribution in [0.5, 0.6) is 0 Å². The third-order valence-electron chi connectivity index (χ3n) is 2.89. The summed E-state index contributed by atoms with van der Waals surface area (Å²) in [5, 5.41) is 3.46. The Labute approximate surface area is 105 Å². The fourth-order valence-corrected chi connectivity index (χ4v) is 3.31. The van der Waals surface area contributed by atoms with Crippen molar-refractivity contribution >= 4 is 27.3 Å². The Morgan fingerprint density at radius 3 is 2.60 bits per heavy atom. The van der Waals surface area contributed by atoms with Crippen molar-refractivity contribution < 1.29 is 0 Å². The Morgan fingerprint density at radius 1 is 1.40 bits per heavy atom. The molecule has 0 amide bonds. The van der Waals surface area contributed by atoms with Gasteiger partial charge in [0, 0.05) is 11.4 Å². The van der Waals surface area contributed by atoms with Gasteiger partial charge >= 0.3 is 0 Å². The molecule has 1 unspecified atom stereocenters. The molecular weight excluding hydrogens is 270 g/mol. The summed E-state index contributed by atoms with van der Waals surface area (Å²) < 4.78 is 1.24. The highest BCUT2D eigenvalue weighted by Gasteiger charge is 2.22. The van der Waals surface area contributed by atoms with Gasteiger partial charge in [-0.05, 0) is 52.9 Å². The molecule has 0 fully saturated rings. The van der Waals surface area contributed by atoms with E-state index in [1.54, 1.807) is 0 Å². The second kappa shape index (κ2) is 6.02. The fourth-order valence-electron chi connectivity index (χ4n) is 1.61. The molecule has 0 saturated heterocycles. The molecule has 0 bridgehead atoms. The molecule has 0 saturated carbocycles. The van der Waals surface area contributed by atoms with Crippen molar-refractivity contribution in [3.63, 3.8) is 0 Å². The van der Waals surface area contributed by atoms with Crippen LogP contribution in [0.4, 0.5) is 0 Å². The lowest BCUT2D eigenvalue weighted by Crippen LogP contribution is -2.32. The van der Waals surface area contributed by atoms with Crippen LogP contribution < -0.4 is 5.32 Å². The summed E-state index contributed by atoms with van der Waals surface area (Å²) in [7, 11) is 0. The molecule has 1 rings (SSSR count). The molecule has 0 aromatic carbocycles. The molecule has 0 aliphatic carbocycles. The van der Waals surface area contributed by atoms with E-state index in [4.69, 9.17) is 0 Å². The van der Waals surface area contributed by atoms with Crippen LogP contribution in [0.1, 0.15) is 32.1 Å². The lowest BCUT2D eigenvalue weighted by atomic mass is 9.83. The Balaban J connectivity index is 2.59. The zero-order valence-electron chi connectivity index (χ0n) is 9.77. The van der Waals surface area contributed by atoms with Crippen molar-refractivity contribution in [2.75, 3.05) is 13.1 Å². The van der Waals surface area contributed by atoms with Crippen molar-refractivity contribution in [3.05, 3.63) is 20.8 Å². The number of halogens is 1. The largest absolute Gasteiger partial charge is 0.316 e. The van der Waals surface area contributed by atoms with Gasteiger partial charge in [0.15, 0.2) is 0 Å². The second-order valence-corrected chi connectivity index (χ2v) is 6.87. The molecule has 0 aliphatic heterocycles. The molecule has 1 aromatic rings. The van der Waals surface area contributed by atoms with E-state index in [-0.39, 0.29) is 0 Å². The first-order valence-electron chi connectivity index (χ1n) is 5.54. The maximum atomic E-state index is 3.52. The van der Waals surface area contributed by atoms with Crippen molar-refractivity contribution in [2.24, 2.45) is 5.41 Å². The van der Waals surface area contributed by atoms with Crippen LogP contribution in [0, 0.1) is 5.41 Å². The van der Waals surface area contributed by atoms with E-state index in [0.29, 0.717) is 5.41 Å². The smallest absolute Gasteiger partial charge is 0.0701 e. The van der Waals surface area contributed by atoms with Crippen LogP contribution in [0.2, 0.25) is 0 Å². The highest BCUT2D eigenvalue weighted by Crippen LogP contribution is 2.31. The van der Waals surface area contributed by atoms with Gasteiger partial charge in [-0.2, -0.15) is 0 Å². The molecule has 0 spiro atoms. The third kappa shape index (κ3) is 4.25. The highest BCUT2D eigenvalue weighted by atomic mass is 79.9. The van der Waals surface area contributed by atoms with Gasteiger partial charge in [0.25, 0.3) is 0 Å². The van der Waals surface area contributed by atoms with E-state index >= 15 is 0 Å². The Hall–Kier alpha value is 0.140. The van der Waals surface area contributed by atoms with Crippen LogP contribution in [0.15, 0.2) is 15.9 Å². The van der Waals surface area contributed by atoms with Gasteiger partial charge in [-0.25, -0.2) is 0 Å². The van der Waals surface area contributed by atoms with Gasteiger partial charge in [-0.3, -0.25) is 0 Å². The number of nitrogens with one attached hydrogen (secondary N) is 1. The summed E-state index contributed by atoms with van der Waals surface area (Å²) in [5.74, 6) is 0. The number of rotatable bonds is 6. The van der Waals surface area contributed by atoms with Gasteiger partial charge in [-0.1, -0.05) is 20.8 Å². The third-order valence-corrected chi connectivity index (χ3v) is 4.51. The minimum atomic E-state index is 0.389. The monoisotopic (exact) mass is 289 g/mol. The SMILES string of the molecule is CCNCC(C)(CC)Cc1ccc(Br)s1. The molecule has 1 N–H and O–H groups in total. The molecule has 1 heterocycles. The molecule has 0 radical (unpaired) electrons. The van der Waals surface area contributed by atoms with Crippen LogP contribution in [0.3, 0.4) is 0 Å². The lowest BCUT2D eigenvalue weighted by Gasteiger charge is -2.28. The maximum absolute atomic E-state index is 3.52. The zero-order chi connectivity index (χ0) is 11.3. The maximum Gasteiger partial charge on any atom is 0.0701 e. The van der Waals surface area contributed by atoms with Gasteiger partial charge in [0.2, 0.25) is 0 Å². The quantitative estimate of drug-likeness (QED) is 0.832. The first kappa shape index (κ1) is 13.2. The summed E-state index contributed by atoms with van der Waals surface area (Å²) in [4.78, 5) is 1.48. The number of thiophene rings is 1. The van der Waals surface area contributed by atoms with E-state index in [9.17, 15) is 0 Å². The Bertz CT molecular complexity index is 298. The second-order valence-electron chi connectivity index (χ2n) is 4.33. The van der Waals surface area contributed by atoms with Crippen LogP contribution in [-0.2, 0) is 6.42 Å². The molecule has 1 aromatic heterocycles. The summed E-state index contributed by atoms with van der Waals surface area (Å²) in [6.07, 6.45) is 2.39. The summed E-state index contributed by atoms with van der Waals surface area (Å²) in [6, 6.07) is 4.37. The van der Waals surface area contributed by atoms with E-state index in [1.165, 1.54) is 21.5 Å². The van der Waals surface area contributed by atoms with E-state index in [2.05, 4.69) is 54.2 Å². The van der Waals surface area contributed by atoms with Crippen molar-refractivity contribution in [1.29, 1.82) is 0 Å².